The van der Waals surface area contributed by atoms with E-state index in [0.717, 1.165) is 60.1 Å². The summed E-state index contributed by atoms with van der Waals surface area (Å²) in [5, 5.41) is 3.38. The van der Waals surface area contributed by atoms with Crippen LogP contribution in [0, 0.1) is 0 Å². The molecule has 31 heavy (non-hydrogen) atoms. The van der Waals surface area contributed by atoms with Gasteiger partial charge in [-0.2, -0.15) is 0 Å². The third-order valence-electron chi connectivity index (χ3n) is 7.31. The Morgan fingerprint density at radius 2 is 1.58 bits per heavy atom. The van der Waals surface area contributed by atoms with E-state index in [1.165, 1.54) is 5.56 Å². The highest BCUT2D eigenvalue weighted by molar-refractivity contribution is 9.10. The van der Waals surface area contributed by atoms with Crippen molar-refractivity contribution in [2.45, 2.75) is 49.4 Å². The van der Waals surface area contributed by atoms with Crippen LogP contribution in [-0.2, 0) is 20.4 Å². The molecule has 0 atom stereocenters. The van der Waals surface area contributed by atoms with E-state index >= 15 is 0 Å². The van der Waals surface area contributed by atoms with Crippen molar-refractivity contribution in [1.29, 1.82) is 0 Å². The summed E-state index contributed by atoms with van der Waals surface area (Å²) in [6, 6.07) is 14.4. The average molecular weight is 486 g/mol. The normalized spacial score (nSPS) is 21.1. The van der Waals surface area contributed by atoms with Gasteiger partial charge in [-0.05, 0) is 61.1 Å². The molecule has 2 aliphatic heterocycles. The van der Waals surface area contributed by atoms with Gasteiger partial charge in [-0.3, -0.25) is 4.79 Å². The Morgan fingerprint density at radius 1 is 0.903 bits per heavy atom. The van der Waals surface area contributed by atoms with E-state index in [2.05, 4.69) is 45.5 Å². The van der Waals surface area contributed by atoms with Gasteiger partial charge < -0.3 is 19.5 Å². The van der Waals surface area contributed by atoms with Gasteiger partial charge in [0.25, 0.3) is 0 Å². The Kier molecular flexibility index (Phi) is 5.69. The summed E-state index contributed by atoms with van der Waals surface area (Å²) in [6.07, 6.45) is 5.73. The first-order valence-corrected chi connectivity index (χ1v) is 11.9. The highest BCUT2D eigenvalue weighted by Gasteiger charge is 2.44. The van der Waals surface area contributed by atoms with Gasteiger partial charge in [0.1, 0.15) is 0 Å². The second kappa shape index (κ2) is 8.47. The van der Waals surface area contributed by atoms with E-state index in [0.29, 0.717) is 19.8 Å². The number of benzene rings is 2. The molecule has 1 amide bonds. The van der Waals surface area contributed by atoms with Gasteiger partial charge in [-0.1, -0.05) is 47.0 Å². The third kappa shape index (κ3) is 3.85. The van der Waals surface area contributed by atoms with Crippen LogP contribution >= 0.6 is 15.9 Å². The second-order valence-corrected chi connectivity index (χ2v) is 9.86. The molecule has 2 fully saturated rings. The summed E-state index contributed by atoms with van der Waals surface area (Å²) in [4.78, 5) is 13.7. The van der Waals surface area contributed by atoms with Crippen LogP contribution in [-0.4, -0.2) is 32.5 Å². The zero-order valence-electron chi connectivity index (χ0n) is 17.6. The van der Waals surface area contributed by atoms with Crippen molar-refractivity contribution in [3.05, 3.63) is 58.1 Å². The summed E-state index contributed by atoms with van der Waals surface area (Å²) >= 11 is 3.51. The van der Waals surface area contributed by atoms with E-state index in [4.69, 9.17) is 14.2 Å². The Labute approximate surface area is 191 Å². The number of halogens is 1. The first-order chi connectivity index (χ1) is 15.1. The molecule has 6 heteroatoms. The van der Waals surface area contributed by atoms with E-state index in [-0.39, 0.29) is 18.1 Å². The van der Waals surface area contributed by atoms with Crippen molar-refractivity contribution in [2.24, 2.45) is 0 Å². The summed E-state index contributed by atoms with van der Waals surface area (Å²) in [5.41, 5.74) is 1.72. The van der Waals surface area contributed by atoms with Crippen molar-refractivity contribution in [3.8, 4) is 11.5 Å². The van der Waals surface area contributed by atoms with Crippen LogP contribution in [0.25, 0.3) is 0 Å². The maximum atomic E-state index is 13.7. The number of hydrogen-bond donors (Lipinski definition) is 1. The van der Waals surface area contributed by atoms with E-state index in [1.54, 1.807) is 0 Å². The highest BCUT2D eigenvalue weighted by atomic mass is 79.9. The zero-order valence-corrected chi connectivity index (χ0v) is 19.2. The molecule has 0 aromatic heterocycles. The lowest BCUT2D eigenvalue weighted by Gasteiger charge is -2.39. The molecular weight excluding hydrogens is 458 g/mol. The molecule has 2 aromatic carbocycles. The third-order valence-corrected chi connectivity index (χ3v) is 7.84. The molecule has 0 spiro atoms. The summed E-state index contributed by atoms with van der Waals surface area (Å²) in [6.45, 7) is 2.26. The lowest BCUT2D eigenvalue weighted by atomic mass is 9.73. The van der Waals surface area contributed by atoms with Crippen molar-refractivity contribution in [1.82, 2.24) is 5.32 Å². The van der Waals surface area contributed by atoms with Crippen LogP contribution in [0.5, 0.6) is 11.5 Å². The topological polar surface area (TPSA) is 56.8 Å². The number of carbonyl (C=O) groups excluding carboxylic acids is 1. The SMILES string of the molecule is O=C(NCC1(c2ccc3c(c2)OCO3)CCOCC1)C1(c2ccc(Br)cc2)CCCC1. The van der Waals surface area contributed by atoms with Crippen molar-refractivity contribution in [2.75, 3.05) is 26.6 Å². The predicted molar refractivity (Wildman–Crippen MR) is 122 cm³/mol. The van der Waals surface area contributed by atoms with Gasteiger partial charge in [0.2, 0.25) is 12.7 Å². The van der Waals surface area contributed by atoms with Crippen molar-refractivity contribution >= 4 is 21.8 Å². The van der Waals surface area contributed by atoms with Crippen LogP contribution in [0.1, 0.15) is 49.7 Å². The first kappa shape index (κ1) is 20.8. The van der Waals surface area contributed by atoms with Crippen LogP contribution in [0.2, 0.25) is 0 Å². The molecule has 2 heterocycles. The summed E-state index contributed by atoms with van der Waals surface area (Å²) < 4.78 is 17.8. The molecule has 0 unspecified atom stereocenters. The summed E-state index contributed by atoms with van der Waals surface area (Å²) in [5.74, 6) is 1.73. The number of ether oxygens (including phenoxy) is 3. The number of fused-ring (bicyclic) bond motifs is 1. The fourth-order valence-corrected chi connectivity index (χ4v) is 5.63. The number of nitrogens with one attached hydrogen (secondary N) is 1. The van der Waals surface area contributed by atoms with Gasteiger partial charge in [0.15, 0.2) is 11.5 Å². The minimum atomic E-state index is -0.429. The molecular formula is C25H28BrNO4. The predicted octanol–water partition coefficient (Wildman–Crippen LogP) is 4.85. The first-order valence-electron chi connectivity index (χ1n) is 11.1. The molecule has 3 aliphatic rings. The van der Waals surface area contributed by atoms with Gasteiger partial charge in [0.05, 0.1) is 5.41 Å². The maximum Gasteiger partial charge on any atom is 0.231 e. The van der Waals surface area contributed by atoms with Crippen molar-refractivity contribution < 1.29 is 19.0 Å². The highest BCUT2D eigenvalue weighted by Crippen LogP contribution is 2.43. The fourth-order valence-electron chi connectivity index (χ4n) is 5.37. The summed E-state index contributed by atoms with van der Waals surface area (Å²) in [7, 11) is 0. The smallest absolute Gasteiger partial charge is 0.231 e. The monoisotopic (exact) mass is 485 g/mol. The lowest BCUT2D eigenvalue weighted by Crippen LogP contribution is -2.49. The molecule has 5 nitrogen and oxygen atoms in total. The minimum Gasteiger partial charge on any atom is -0.454 e. The quantitative estimate of drug-likeness (QED) is 0.657. The number of carbonyl (C=O) groups is 1. The average Bonchev–Trinajstić information content (AvgIpc) is 3.48. The molecule has 2 aromatic rings. The Morgan fingerprint density at radius 3 is 2.32 bits per heavy atom. The van der Waals surface area contributed by atoms with Crippen LogP contribution < -0.4 is 14.8 Å². The molecule has 1 saturated carbocycles. The van der Waals surface area contributed by atoms with E-state index in [9.17, 15) is 4.79 Å². The van der Waals surface area contributed by atoms with Crippen molar-refractivity contribution in [3.63, 3.8) is 0 Å². The Bertz CT molecular complexity index is 946. The fraction of sp³-hybridized carbons (Fsp3) is 0.480. The van der Waals surface area contributed by atoms with Gasteiger partial charge in [-0.15, -0.1) is 0 Å². The van der Waals surface area contributed by atoms with Gasteiger partial charge >= 0.3 is 0 Å². The standard InChI is InChI=1S/C25H28BrNO4/c26-20-6-3-18(4-7-20)25(9-1-2-10-25)23(28)27-16-24(11-13-29-14-12-24)19-5-8-21-22(15-19)31-17-30-21/h3-8,15H,1-2,9-14,16-17H2,(H,27,28). The van der Waals surface area contributed by atoms with Gasteiger partial charge in [0, 0.05) is 29.6 Å². The van der Waals surface area contributed by atoms with Crippen LogP contribution in [0.4, 0.5) is 0 Å². The van der Waals surface area contributed by atoms with Crippen LogP contribution in [0.15, 0.2) is 46.9 Å². The molecule has 5 rings (SSSR count). The Balaban J connectivity index is 1.40. The number of hydrogen-bond acceptors (Lipinski definition) is 4. The molecule has 0 bridgehead atoms. The van der Waals surface area contributed by atoms with Crippen LogP contribution in [0.3, 0.4) is 0 Å². The largest absolute Gasteiger partial charge is 0.454 e. The van der Waals surface area contributed by atoms with Gasteiger partial charge in [-0.25, -0.2) is 0 Å². The molecule has 1 saturated heterocycles. The Hall–Kier alpha value is -2.05. The molecule has 164 valence electrons. The van der Waals surface area contributed by atoms with E-state index < -0.39 is 5.41 Å². The zero-order chi connectivity index (χ0) is 21.3. The second-order valence-electron chi connectivity index (χ2n) is 8.94. The number of amides is 1. The molecule has 1 aliphatic carbocycles. The number of rotatable bonds is 5. The maximum absolute atomic E-state index is 13.7. The molecule has 0 radical (unpaired) electrons. The lowest BCUT2D eigenvalue weighted by molar-refractivity contribution is -0.127. The van der Waals surface area contributed by atoms with E-state index in [1.807, 2.05) is 18.2 Å². The molecule has 1 N–H and O–H groups in total. The minimum absolute atomic E-state index is 0.152.